The fourth-order valence-corrected chi connectivity index (χ4v) is 8.71. The number of fused-ring (bicyclic) bond motifs is 5. The lowest BCUT2D eigenvalue weighted by molar-refractivity contribution is -0.209. The topological polar surface area (TPSA) is 72.8 Å². The Bertz CT molecular complexity index is 788. The summed E-state index contributed by atoms with van der Waals surface area (Å²) in [6.45, 7) is 6.64. The first-order chi connectivity index (χ1) is 14.2. The van der Waals surface area contributed by atoms with Gasteiger partial charge >= 0.3 is 11.9 Å². The number of cyclic esters (lactones) is 1. The number of carbonyl (C=O) groups excluding carboxylic acids is 2. The zero-order valence-corrected chi connectivity index (χ0v) is 18.6. The Kier molecular flexibility index (Phi) is 4.67. The first kappa shape index (κ1) is 20.5. The SMILES string of the molecule is CC(=O)O[C@H]1CC[C@@]2(C)[C@H](CC[C@@H]3[C@@H]2CC[C@]2(C)[C@H](C4=CC(=O)OC4)CC[C@]32O)C1. The Balaban J connectivity index is 1.40. The average molecular weight is 417 g/mol. The minimum Gasteiger partial charge on any atom is -0.463 e. The molecule has 0 bridgehead atoms. The van der Waals surface area contributed by atoms with Gasteiger partial charge in [-0.15, -0.1) is 0 Å². The van der Waals surface area contributed by atoms with Gasteiger partial charge in [-0.25, -0.2) is 4.79 Å². The lowest BCUT2D eigenvalue weighted by Gasteiger charge is -2.63. The van der Waals surface area contributed by atoms with Crippen LogP contribution in [-0.2, 0) is 19.1 Å². The maximum Gasteiger partial charge on any atom is 0.331 e. The summed E-state index contributed by atoms with van der Waals surface area (Å²) in [5.41, 5.74) is 0.485. The summed E-state index contributed by atoms with van der Waals surface area (Å²) in [6, 6.07) is 0. The van der Waals surface area contributed by atoms with E-state index in [1.54, 1.807) is 6.08 Å². The molecular weight excluding hydrogens is 380 g/mol. The van der Waals surface area contributed by atoms with Crippen molar-refractivity contribution in [2.24, 2.45) is 34.5 Å². The number of esters is 2. The summed E-state index contributed by atoms with van der Waals surface area (Å²) in [6.07, 6.45) is 10.9. The predicted molar refractivity (Wildman–Crippen MR) is 111 cm³/mol. The van der Waals surface area contributed by atoms with Crippen LogP contribution in [0, 0.1) is 34.5 Å². The van der Waals surface area contributed by atoms with Crippen molar-refractivity contribution in [3.8, 4) is 0 Å². The van der Waals surface area contributed by atoms with Crippen LogP contribution in [0.2, 0.25) is 0 Å². The molecule has 0 aromatic rings. The van der Waals surface area contributed by atoms with Gasteiger partial charge in [-0.05, 0) is 92.4 Å². The van der Waals surface area contributed by atoms with Crippen LogP contribution in [0.15, 0.2) is 11.6 Å². The second-order valence-electron chi connectivity index (χ2n) is 11.3. The highest BCUT2D eigenvalue weighted by atomic mass is 16.5. The van der Waals surface area contributed by atoms with E-state index < -0.39 is 5.60 Å². The first-order valence-corrected chi connectivity index (χ1v) is 11.9. The van der Waals surface area contributed by atoms with Gasteiger partial charge in [-0.2, -0.15) is 0 Å². The Morgan fingerprint density at radius 2 is 1.90 bits per heavy atom. The number of hydrogen-bond donors (Lipinski definition) is 1. The molecule has 30 heavy (non-hydrogen) atoms. The van der Waals surface area contributed by atoms with Crippen LogP contribution >= 0.6 is 0 Å². The normalized spacial score (nSPS) is 50.1. The number of aliphatic hydroxyl groups is 1. The predicted octanol–water partition coefficient (Wildman–Crippen LogP) is 4.18. The zero-order valence-electron chi connectivity index (χ0n) is 18.6. The largest absolute Gasteiger partial charge is 0.463 e. The van der Waals surface area contributed by atoms with Gasteiger partial charge in [0.25, 0.3) is 0 Å². The molecule has 0 saturated heterocycles. The molecule has 0 spiro atoms. The molecule has 5 heteroatoms. The van der Waals surface area contributed by atoms with E-state index in [1.165, 1.54) is 6.92 Å². The molecule has 4 fully saturated rings. The molecule has 0 radical (unpaired) electrons. The van der Waals surface area contributed by atoms with E-state index in [0.29, 0.717) is 24.4 Å². The van der Waals surface area contributed by atoms with Gasteiger partial charge in [0.05, 0.1) is 5.60 Å². The van der Waals surface area contributed by atoms with Crippen molar-refractivity contribution >= 4 is 11.9 Å². The van der Waals surface area contributed by atoms with E-state index in [1.807, 2.05) is 0 Å². The molecule has 5 rings (SSSR count). The highest BCUT2D eigenvalue weighted by molar-refractivity contribution is 5.85. The van der Waals surface area contributed by atoms with Crippen molar-refractivity contribution in [3.63, 3.8) is 0 Å². The molecule has 1 heterocycles. The Morgan fingerprint density at radius 3 is 2.60 bits per heavy atom. The van der Waals surface area contributed by atoms with Crippen molar-refractivity contribution in [1.29, 1.82) is 0 Å². The molecule has 1 N–H and O–H groups in total. The number of carbonyl (C=O) groups is 2. The standard InChI is InChI=1S/C25H36O5/c1-15(26)30-18-6-9-23(2)17(13-18)4-5-21-20(23)7-10-24(3)19(8-11-25(21,24)28)16-12-22(27)29-14-16/h12,17-21,28H,4-11,13-14H2,1-3H3/t17-,18+,19+,20+,21-,23+,24-,25+/m1/s1. The van der Waals surface area contributed by atoms with E-state index in [0.717, 1.165) is 63.4 Å². The molecular formula is C25H36O5. The second kappa shape index (κ2) is 6.82. The minimum absolute atomic E-state index is 0.0665. The number of rotatable bonds is 2. The third-order valence-electron chi connectivity index (χ3n) is 10.3. The third kappa shape index (κ3) is 2.76. The maximum absolute atomic E-state index is 12.2. The summed E-state index contributed by atoms with van der Waals surface area (Å²) < 4.78 is 10.8. The quantitative estimate of drug-likeness (QED) is 0.684. The molecule has 0 aromatic carbocycles. The summed E-state index contributed by atoms with van der Waals surface area (Å²) in [7, 11) is 0. The van der Waals surface area contributed by atoms with Crippen LogP contribution in [0.1, 0.15) is 78.6 Å². The van der Waals surface area contributed by atoms with Gasteiger partial charge in [0.2, 0.25) is 0 Å². The number of ether oxygens (including phenoxy) is 2. The van der Waals surface area contributed by atoms with Gasteiger partial charge in [0.15, 0.2) is 0 Å². The van der Waals surface area contributed by atoms with E-state index >= 15 is 0 Å². The molecule has 5 nitrogen and oxygen atoms in total. The summed E-state index contributed by atoms with van der Waals surface area (Å²) >= 11 is 0. The smallest absolute Gasteiger partial charge is 0.331 e. The molecule has 5 aliphatic rings. The molecule has 8 atom stereocenters. The molecule has 1 aliphatic heterocycles. The summed E-state index contributed by atoms with van der Waals surface area (Å²) in [4.78, 5) is 23.1. The molecule has 4 aliphatic carbocycles. The van der Waals surface area contributed by atoms with Gasteiger partial charge in [0, 0.05) is 18.4 Å². The lowest BCUT2D eigenvalue weighted by Crippen LogP contribution is -2.62. The van der Waals surface area contributed by atoms with Gasteiger partial charge < -0.3 is 14.6 Å². The van der Waals surface area contributed by atoms with Crippen LogP contribution in [-0.4, -0.2) is 35.4 Å². The molecule has 166 valence electrons. The third-order valence-corrected chi connectivity index (χ3v) is 10.3. The number of hydrogen-bond acceptors (Lipinski definition) is 5. The minimum atomic E-state index is -0.659. The summed E-state index contributed by atoms with van der Waals surface area (Å²) in [5, 5.41) is 12.2. The fourth-order valence-electron chi connectivity index (χ4n) is 8.71. The fraction of sp³-hybridized carbons (Fsp3) is 0.840. The highest BCUT2D eigenvalue weighted by Crippen LogP contribution is 2.69. The Hall–Kier alpha value is -1.36. The second-order valence-corrected chi connectivity index (χ2v) is 11.3. The highest BCUT2D eigenvalue weighted by Gasteiger charge is 2.67. The molecule has 4 saturated carbocycles. The van der Waals surface area contributed by atoms with Gasteiger partial charge in [-0.3, -0.25) is 4.79 Å². The monoisotopic (exact) mass is 416 g/mol. The van der Waals surface area contributed by atoms with E-state index in [4.69, 9.17) is 9.47 Å². The van der Waals surface area contributed by atoms with Crippen molar-refractivity contribution in [2.75, 3.05) is 6.61 Å². The van der Waals surface area contributed by atoms with Gasteiger partial charge in [-0.1, -0.05) is 13.8 Å². The maximum atomic E-state index is 12.2. The molecule has 0 aromatic heterocycles. The molecule has 0 unspecified atom stereocenters. The van der Waals surface area contributed by atoms with Crippen molar-refractivity contribution < 1.29 is 24.2 Å². The zero-order chi connectivity index (χ0) is 21.3. The summed E-state index contributed by atoms with van der Waals surface area (Å²) in [5.74, 6) is 1.29. The Labute approximate surface area is 179 Å². The van der Waals surface area contributed by atoms with Crippen LogP contribution in [0.3, 0.4) is 0 Å². The van der Waals surface area contributed by atoms with Crippen LogP contribution in [0.4, 0.5) is 0 Å². The van der Waals surface area contributed by atoms with Crippen molar-refractivity contribution in [3.05, 3.63) is 11.6 Å². The van der Waals surface area contributed by atoms with Crippen LogP contribution < -0.4 is 0 Å². The Morgan fingerprint density at radius 1 is 1.10 bits per heavy atom. The van der Waals surface area contributed by atoms with Crippen molar-refractivity contribution in [2.45, 2.75) is 90.3 Å². The average Bonchev–Trinajstić information content (AvgIpc) is 3.22. The van der Waals surface area contributed by atoms with E-state index in [9.17, 15) is 14.7 Å². The van der Waals surface area contributed by atoms with Crippen molar-refractivity contribution in [1.82, 2.24) is 0 Å². The van der Waals surface area contributed by atoms with Crippen LogP contribution in [0.25, 0.3) is 0 Å². The van der Waals surface area contributed by atoms with Gasteiger partial charge in [0.1, 0.15) is 12.7 Å². The van der Waals surface area contributed by atoms with Crippen LogP contribution in [0.5, 0.6) is 0 Å². The van der Waals surface area contributed by atoms with E-state index in [2.05, 4.69) is 13.8 Å². The van der Waals surface area contributed by atoms with E-state index in [-0.39, 0.29) is 34.8 Å². The lowest BCUT2D eigenvalue weighted by atomic mass is 9.43. The molecule has 0 amide bonds. The first-order valence-electron chi connectivity index (χ1n) is 11.9.